The second-order valence-corrected chi connectivity index (χ2v) is 6.25. The Labute approximate surface area is 140 Å². The monoisotopic (exact) mass is 321 g/mol. The number of nitrogens with two attached hydrogens (primary N) is 1. The molecule has 0 spiro atoms. The molecule has 23 heavy (non-hydrogen) atoms. The van der Waals surface area contributed by atoms with Crippen molar-refractivity contribution in [2.45, 2.75) is 45.1 Å². The average molecular weight is 321 g/mol. The lowest BCUT2D eigenvalue weighted by atomic mass is 9.88. The van der Waals surface area contributed by atoms with E-state index in [1.54, 1.807) is 14.2 Å². The lowest BCUT2D eigenvalue weighted by molar-refractivity contribution is 0.353. The van der Waals surface area contributed by atoms with E-state index in [1.165, 1.54) is 5.69 Å². The molecule has 0 saturated carbocycles. The van der Waals surface area contributed by atoms with Crippen LogP contribution < -0.4 is 25.4 Å². The summed E-state index contributed by atoms with van der Waals surface area (Å²) < 4.78 is 11.0. The minimum atomic E-state index is 0.106. The molecule has 130 valence electrons. The summed E-state index contributed by atoms with van der Waals surface area (Å²) in [6.45, 7) is 7.27. The lowest BCUT2D eigenvalue weighted by Crippen LogP contribution is -2.52. The van der Waals surface area contributed by atoms with E-state index < -0.39 is 0 Å². The molecule has 0 fully saturated rings. The van der Waals surface area contributed by atoms with Crippen LogP contribution >= 0.6 is 0 Å². The highest BCUT2D eigenvalue weighted by Crippen LogP contribution is 2.43. The van der Waals surface area contributed by atoms with Crippen molar-refractivity contribution < 1.29 is 9.47 Å². The molecule has 1 aromatic carbocycles. The van der Waals surface area contributed by atoms with E-state index in [9.17, 15) is 0 Å². The van der Waals surface area contributed by atoms with Crippen LogP contribution in [0.3, 0.4) is 0 Å². The number of anilines is 2. The Balaban J connectivity index is 2.39. The van der Waals surface area contributed by atoms with Crippen molar-refractivity contribution in [2.75, 3.05) is 44.1 Å². The molecular weight excluding hydrogens is 290 g/mol. The molecule has 0 atom stereocenters. The SMILES string of the molecule is CCC1(CC)CN(CCCCN)c2cc(OC)c(OC)cc2N1. The second-order valence-electron chi connectivity index (χ2n) is 6.25. The molecule has 5 nitrogen and oxygen atoms in total. The fraction of sp³-hybridized carbons (Fsp3) is 0.667. The van der Waals surface area contributed by atoms with Gasteiger partial charge in [0.05, 0.1) is 31.1 Å². The highest BCUT2D eigenvalue weighted by atomic mass is 16.5. The molecule has 1 heterocycles. The molecule has 3 N–H and O–H groups in total. The summed E-state index contributed by atoms with van der Waals surface area (Å²) in [6, 6.07) is 4.14. The molecule has 0 radical (unpaired) electrons. The molecule has 1 aliphatic rings. The number of rotatable bonds is 8. The van der Waals surface area contributed by atoms with Gasteiger partial charge in [-0.2, -0.15) is 0 Å². The number of nitrogens with one attached hydrogen (secondary N) is 1. The van der Waals surface area contributed by atoms with Gasteiger partial charge in [0, 0.05) is 25.2 Å². The molecule has 1 aliphatic heterocycles. The molecule has 0 saturated heterocycles. The predicted molar refractivity (Wildman–Crippen MR) is 97.0 cm³/mol. The van der Waals surface area contributed by atoms with Crippen molar-refractivity contribution in [3.8, 4) is 11.5 Å². The van der Waals surface area contributed by atoms with Gasteiger partial charge in [0.15, 0.2) is 11.5 Å². The summed E-state index contributed by atoms with van der Waals surface area (Å²) in [5, 5.41) is 3.75. The van der Waals surface area contributed by atoms with Crippen molar-refractivity contribution in [2.24, 2.45) is 5.73 Å². The lowest BCUT2D eigenvalue weighted by Gasteiger charge is -2.45. The van der Waals surface area contributed by atoms with E-state index in [0.717, 1.165) is 62.5 Å². The topological polar surface area (TPSA) is 59.8 Å². The first-order valence-electron chi connectivity index (χ1n) is 8.62. The van der Waals surface area contributed by atoms with Gasteiger partial charge in [-0.15, -0.1) is 0 Å². The number of fused-ring (bicyclic) bond motifs is 1. The Hall–Kier alpha value is -1.62. The average Bonchev–Trinajstić information content (AvgIpc) is 2.60. The quantitative estimate of drug-likeness (QED) is 0.720. The third kappa shape index (κ3) is 3.66. The van der Waals surface area contributed by atoms with Crippen LogP contribution in [0.5, 0.6) is 11.5 Å². The van der Waals surface area contributed by atoms with Crippen molar-refractivity contribution >= 4 is 11.4 Å². The normalized spacial score (nSPS) is 15.8. The summed E-state index contributed by atoms with van der Waals surface area (Å²) in [7, 11) is 3.36. The standard InChI is InChI=1S/C18H31N3O2/c1-5-18(6-2)13-21(10-8-7-9-19)15-12-17(23-4)16(22-3)11-14(15)20-18/h11-12,20H,5-10,13,19H2,1-4H3. The zero-order valence-corrected chi connectivity index (χ0v) is 14.9. The molecule has 0 aromatic heterocycles. The smallest absolute Gasteiger partial charge is 0.162 e. The van der Waals surface area contributed by atoms with Crippen LogP contribution in [-0.2, 0) is 0 Å². The number of hydrogen-bond donors (Lipinski definition) is 2. The third-order valence-electron chi connectivity index (χ3n) is 4.97. The number of ether oxygens (including phenoxy) is 2. The van der Waals surface area contributed by atoms with E-state index in [-0.39, 0.29) is 5.54 Å². The molecular formula is C18H31N3O2. The van der Waals surface area contributed by atoms with Crippen LogP contribution in [0.4, 0.5) is 11.4 Å². The summed E-state index contributed by atoms with van der Waals surface area (Å²) in [4.78, 5) is 2.47. The third-order valence-corrected chi connectivity index (χ3v) is 4.97. The number of methoxy groups -OCH3 is 2. The molecule has 1 aromatic rings. The maximum atomic E-state index is 5.66. The van der Waals surface area contributed by atoms with Gasteiger partial charge in [0.2, 0.25) is 0 Å². The first-order valence-corrected chi connectivity index (χ1v) is 8.62. The number of hydrogen-bond acceptors (Lipinski definition) is 5. The van der Waals surface area contributed by atoms with E-state index >= 15 is 0 Å². The van der Waals surface area contributed by atoms with Crippen molar-refractivity contribution in [1.29, 1.82) is 0 Å². The van der Waals surface area contributed by atoms with Crippen molar-refractivity contribution in [3.63, 3.8) is 0 Å². The van der Waals surface area contributed by atoms with Crippen molar-refractivity contribution in [1.82, 2.24) is 0 Å². The molecule has 2 rings (SSSR count). The fourth-order valence-electron chi connectivity index (χ4n) is 3.30. The van der Waals surface area contributed by atoms with Crippen LogP contribution in [0.2, 0.25) is 0 Å². The van der Waals surface area contributed by atoms with Gasteiger partial charge in [-0.05, 0) is 32.2 Å². The molecule has 0 bridgehead atoms. The van der Waals surface area contributed by atoms with E-state index in [2.05, 4.69) is 36.2 Å². The van der Waals surface area contributed by atoms with Gasteiger partial charge in [0.25, 0.3) is 0 Å². The zero-order valence-electron chi connectivity index (χ0n) is 14.9. The molecule has 0 unspecified atom stereocenters. The van der Waals surface area contributed by atoms with Crippen LogP contribution in [0.1, 0.15) is 39.5 Å². The maximum Gasteiger partial charge on any atom is 0.162 e. The minimum Gasteiger partial charge on any atom is -0.493 e. The largest absolute Gasteiger partial charge is 0.493 e. The Morgan fingerprint density at radius 2 is 1.78 bits per heavy atom. The van der Waals surface area contributed by atoms with E-state index in [0.29, 0.717) is 0 Å². The minimum absolute atomic E-state index is 0.106. The van der Waals surface area contributed by atoms with Gasteiger partial charge >= 0.3 is 0 Å². The fourth-order valence-corrected chi connectivity index (χ4v) is 3.30. The summed E-state index contributed by atoms with van der Waals surface area (Å²) >= 11 is 0. The molecule has 0 aliphatic carbocycles. The van der Waals surface area contributed by atoms with Gasteiger partial charge in [-0.3, -0.25) is 0 Å². The summed E-state index contributed by atoms with van der Waals surface area (Å²) in [5.41, 5.74) is 8.09. The van der Waals surface area contributed by atoms with Gasteiger partial charge < -0.3 is 25.4 Å². The molecule has 0 amide bonds. The van der Waals surface area contributed by atoms with E-state index in [1.807, 2.05) is 0 Å². The highest BCUT2D eigenvalue weighted by Gasteiger charge is 2.35. The first kappa shape index (κ1) is 17.7. The van der Waals surface area contributed by atoms with Gasteiger partial charge in [0.1, 0.15) is 0 Å². The number of nitrogens with zero attached hydrogens (tertiary/aromatic N) is 1. The number of benzene rings is 1. The van der Waals surface area contributed by atoms with Gasteiger partial charge in [-0.1, -0.05) is 13.8 Å². The molecule has 5 heteroatoms. The first-order chi connectivity index (χ1) is 11.1. The van der Waals surface area contributed by atoms with Crippen LogP contribution in [0, 0.1) is 0 Å². The predicted octanol–water partition coefficient (Wildman–Crippen LogP) is 3.23. The number of unbranched alkanes of at least 4 members (excludes halogenated alkanes) is 1. The summed E-state index contributed by atoms with van der Waals surface area (Å²) in [5.74, 6) is 1.54. The Kier molecular flexibility index (Phi) is 5.99. The Morgan fingerprint density at radius 3 is 2.35 bits per heavy atom. The van der Waals surface area contributed by atoms with Crippen molar-refractivity contribution in [3.05, 3.63) is 12.1 Å². The zero-order chi connectivity index (χ0) is 16.9. The van der Waals surface area contributed by atoms with Crippen LogP contribution in [0.25, 0.3) is 0 Å². The Bertz CT molecular complexity index is 515. The van der Waals surface area contributed by atoms with Gasteiger partial charge in [-0.25, -0.2) is 0 Å². The van der Waals surface area contributed by atoms with E-state index in [4.69, 9.17) is 15.2 Å². The summed E-state index contributed by atoms with van der Waals surface area (Å²) in [6.07, 6.45) is 4.33. The van der Waals surface area contributed by atoms with Crippen LogP contribution in [-0.4, -0.2) is 39.4 Å². The second kappa shape index (κ2) is 7.77. The Morgan fingerprint density at radius 1 is 1.13 bits per heavy atom. The highest BCUT2D eigenvalue weighted by molar-refractivity contribution is 5.78. The van der Waals surface area contributed by atoms with Crippen LogP contribution in [0.15, 0.2) is 12.1 Å². The maximum absolute atomic E-state index is 5.66.